The first-order valence-corrected chi connectivity index (χ1v) is 11.4. The first kappa shape index (κ1) is 22.0. The summed E-state index contributed by atoms with van der Waals surface area (Å²) in [4.78, 5) is 40.7. The fourth-order valence-corrected chi connectivity index (χ4v) is 4.75. The molecule has 2 aliphatic rings. The average molecular weight is 438 g/mol. The van der Waals surface area contributed by atoms with Gasteiger partial charge in [-0.1, -0.05) is 42.7 Å². The number of benzene rings is 1. The maximum absolute atomic E-state index is 13.2. The van der Waals surface area contributed by atoms with Gasteiger partial charge in [-0.25, -0.2) is 0 Å². The van der Waals surface area contributed by atoms with Crippen LogP contribution in [-0.2, 0) is 17.9 Å². The number of nitrogens with zero attached hydrogens (tertiary/aromatic N) is 3. The predicted molar refractivity (Wildman–Crippen MR) is 120 cm³/mol. The van der Waals surface area contributed by atoms with Crippen LogP contribution in [-0.4, -0.2) is 50.5 Å². The van der Waals surface area contributed by atoms with Crippen molar-refractivity contribution in [1.29, 1.82) is 0 Å². The van der Waals surface area contributed by atoms with Gasteiger partial charge in [0.2, 0.25) is 5.91 Å². The van der Waals surface area contributed by atoms with E-state index in [1.54, 1.807) is 11.8 Å². The molecule has 0 saturated heterocycles. The van der Waals surface area contributed by atoms with Crippen LogP contribution in [0.15, 0.2) is 30.3 Å². The van der Waals surface area contributed by atoms with Gasteiger partial charge in [-0.05, 0) is 39.2 Å². The van der Waals surface area contributed by atoms with E-state index in [-0.39, 0.29) is 36.0 Å². The van der Waals surface area contributed by atoms with Gasteiger partial charge in [0.05, 0.1) is 6.54 Å². The highest BCUT2D eigenvalue weighted by molar-refractivity contribution is 6.01. The largest absolute Gasteiger partial charge is 0.351 e. The number of rotatable bonds is 6. The van der Waals surface area contributed by atoms with Crippen molar-refractivity contribution >= 4 is 17.7 Å². The van der Waals surface area contributed by atoms with Crippen LogP contribution in [0.4, 0.5) is 0 Å². The zero-order chi connectivity index (χ0) is 22.9. The molecule has 8 nitrogen and oxygen atoms in total. The molecule has 2 aromatic rings. The van der Waals surface area contributed by atoms with E-state index in [9.17, 15) is 14.4 Å². The number of aryl methyl sites for hydroxylation is 1. The zero-order valence-corrected chi connectivity index (χ0v) is 19.0. The molecule has 0 unspecified atom stereocenters. The lowest BCUT2D eigenvalue weighted by Gasteiger charge is -2.43. The lowest BCUT2D eigenvalue weighted by Crippen LogP contribution is -2.64. The minimum absolute atomic E-state index is 0.161. The summed E-state index contributed by atoms with van der Waals surface area (Å²) in [6.07, 6.45) is 4.17. The monoisotopic (exact) mass is 437 g/mol. The number of carbonyl (C=O) groups is 3. The quantitative estimate of drug-likeness (QED) is 0.725. The number of aromatic nitrogens is 2. The standard InChI is InChI=1S/C24H31N5O3/c1-4-28-22(31)20-13-19(21(30)25-14-17-9-7-8-16(2)12-17)27-29(20)15-24(28,3)23(32)26-18-10-5-6-11-18/h7-9,12-13,18H,4-6,10-11,14-15H2,1-3H3,(H,25,30)(H,26,32)/t24-/m1/s1. The molecule has 0 radical (unpaired) electrons. The van der Waals surface area contributed by atoms with E-state index in [1.165, 1.54) is 10.7 Å². The number of hydrogen-bond donors (Lipinski definition) is 2. The van der Waals surface area contributed by atoms with E-state index in [0.717, 1.165) is 36.8 Å². The number of nitrogens with one attached hydrogen (secondary N) is 2. The Labute approximate surface area is 188 Å². The molecule has 32 heavy (non-hydrogen) atoms. The fourth-order valence-electron chi connectivity index (χ4n) is 4.75. The average Bonchev–Trinajstić information content (AvgIpc) is 3.42. The van der Waals surface area contributed by atoms with Crippen LogP contribution in [0.25, 0.3) is 0 Å². The molecule has 1 aromatic carbocycles. The minimum atomic E-state index is -1.05. The number of fused-ring (bicyclic) bond motifs is 1. The highest BCUT2D eigenvalue weighted by Crippen LogP contribution is 2.28. The Bertz CT molecular complexity index is 1040. The van der Waals surface area contributed by atoms with Gasteiger partial charge in [0.25, 0.3) is 11.8 Å². The van der Waals surface area contributed by atoms with Crippen molar-refractivity contribution in [3.05, 3.63) is 52.8 Å². The van der Waals surface area contributed by atoms with Gasteiger partial charge >= 0.3 is 0 Å². The van der Waals surface area contributed by atoms with Gasteiger partial charge in [-0.15, -0.1) is 0 Å². The molecule has 170 valence electrons. The van der Waals surface area contributed by atoms with Gasteiger partial charge in [-0.3, -0.25) is 19.1 Å². The topological polar surface area (TPSA) is 96.3 Å². The molecule has 2 heterocycles. The molecule has 1 saturated carbocycles. The summed E-state index contributed by atoms with van der Waals surface area (Å²) < 4.78 is 1.50. The van der Waals surface area contributed by atoms with E-state index in [4.69, 9.17) is 0 Å². The molecule has 1 aliphatic heterocycles. The highest BCUT2D eigenvalue weighted by atomic mass is 16.2. The van der Waals surface area contributed by atoms with Crippen LogP contribution in [0.3, 0.4) is 0 Å². The Kier molecular flexibility index (Phi) is 6.04. The lowest BCUT2D eigenvalue weighted by atomic mass is 9.94. The molecular weight excluding hydrogens is 406 g/mol. The fraction of sp³-hybridized carbons (Fsp3) is 0.500. The van der Waals surface area contributed by atoms with Crippen molar-refractivity contribution in [1.82, 2.24) is 25.3 Å². The number of likely N-dealkylation sites (N-methyl/N-ethyl adjacent to an activating group) is 1. The highest BCUT2D eigenvalue weighted by Gasteiger charge is 2.48. The van der Waals surface area contributed by atoms with Gasteiger partial charge in [-0.2, -0.15) is 5.10 Å². The summed E-state index contributed by atoms with van der Waals surface area (Å²) in [7, 11) is 0. The minimum Gasteiger partial charge on any atom is -0.351 e. The van der Waals surface area contributed by atoms with Crippen LogP contribution in [0.5, 0.6) is 0 Å². The van der Waals surface area contributed by atoms with Crippen molar-refractivity contribution in [2.45, 2.75) is 71.1 Å². The number of carbonyl (C=O) groups excluding carboxylic acids is 3. The molecule has 0 spiro atoms. The Hall–Kier alpha value is -3.16. The molecule has 4 rings (SSSR count). The van der Waals surface area contributed by atoms with Crippen molar-refractivity contribution < 1.29 is 14.4 Å². The molecule has 2 N–H and O–H groups in total. The van der Waals surface area contributed by atoms with E-state index < -0.39 is 5.54 Å². The summed E-state index contributed by atoms with van der Waals surface area (Å²) in [5, 5.41) is 10.4. The molecule has 3 amide bonds. The van der Waals surface area contributed by atoms with Crippen molar-refractivity contribution in [2.24, 2.45) is 0 Å². The summed E-state index contributed by atoms with van der Waals surface area (Å²) in [6.45, 7) is 6.62. The lowest BCUT2D eigenvalue weighted by molar-refractivity contribution is -0.133. The van der Waals surface area contributed by atoms with Crippen molar-refractivity contribution in [3.8, 4) is 0 Å². The van der Waals surface area contributed by atoms with Crippen LogP contribution >= 0.6 is 0 Å². The van der Waals surface area contributed by atoms with Crippen molar-refractivity contribution in [2.75, 3.05) is 6.54 Å². The Morgan fingerprint density at radius 1 is 1.22 bits per heavy atom. The Morgan fingerprint density at radius 2 is 1.97 bits per heavy atom. The molecule has 1 aliphatic carbocycles. The van der Waals surface area contributed by atoms with E-state index in [0.29, 0.717) is 18.8 Å². The first-order valence-electron chi connectivity index (χ1n) is 11.4. The third-order valence-electron chi connectivity index (χ3n) is 6.56. The molecular formula is C24H31N5O3. The molecule has 1 atom stereocenters. The van der Waals surface area contributed by atoms with E-state index in [2.05, 4.69) is 15.7 Å². The van der Waals surface area contributed by atoms with Gasteiger partial charge < -0.3 is 15.5 Å². The SMILES string of the molecule is CCN1C(=O)c2cc(C(=O)NCc3cccc(C)c3)nn2C[C@]1(C)C(=O)NC1CCCC1. The maximum Gasteiger partial charge on any atom is 0.273 e. The van der Waals surface area contributed by atoms with Crippen LogP contribution in [0.1, 0.15) is 71.6 Å². The second-order valence-electron chi connectivity index (χ2n) is 9.02. The third-order valence-corrected chi connectivity index (χ3v) is 6.56. The molecule has 0 bridgehead atoms. The summed E-state index contributed by atoms with van der Waals surface area (Å²) in [5.74, 6) is -0.791. The van der Waals surface area contributed by atoms with Crippen molar-refractivity contribution in [3.63, 3.8) is 0 Å². The molecule has 8 heteroatoms. The zero-order valence-electron chi connectivity index (χ0n) is 19.0. The van der Waals surface area contributed by atoms with Gasteiger partial charge in [0.15, 0.2) is 5.69 Å². The molecule has 1 aromatic heterocycles. The predicted octanol–water partition coefficient (Wildman–Crippen LogP) is 2.41. The second-order valence-corrected chi connectivity index (χ2v) is 9.02. The summed E-state index contributed by atoms with van der Waals surface area (Å²) in [5.41, 5.74) is 1.57. The van der Waals surface area contributed by atoms with E-state index >= 15 is 0 Å². The summed E-state index contributed by atoms with van der Waals surface area (Å²) in [6, 6.07) is 9.58. The van der Waals surface area contributed by atoms with Crippen LogP contribution in [0, 0.1) is 6.92 Å². The summed E-state index contributed by atoms with van der Waals surface area (Å²) >= 11 is 0. The second kappa shape index (κ2) is 8.76. The normalized spacial score (nSPS) is 20.8. The number of hydrogen-bond acceptors (Lipinski definition) is 4. The smallest absolute Gasteiger partial charge is 0.273 e. The maximum atomic E-state index is 13.2. The third kappa shape index (κ3) is 4.13. The first-order chi connectivity index (χ1) is 15.3. The van der Waals surface area contributed by atoms with E-state index in [1.807, 2.05) is 38.1 Å². The van der Waals surface area contributed by atoms with Crippen LogP contribution in [0.2, 0.25) is 0 Å². The molecule has 1 fully saturated rings. The van der Waals surface area contributed by atoms with Crippen LogP contribution < -0.4 is 10.6 Å². The van der Waals surface area contributed by atoms with Gasteiger partial charge in [0, 0.05) is 25.2 Å². The Morgan fingerprint density at radius 3 is 2.66 bits per heavy atom. The Balaban J connectivity index is 1.52. The number of amides is 3. The van der Waals surface area contributed by atoms with Gasteiger partial charge in [0.1, 0.15) is 11.2 Å².